The first-order valence-corrected chi connectivity index (χ1v) is 9.55. The van der Waals surface area contributed by atoms with Crippen LogP contribution in [-0.4, -0.2) is 40.5 Å². The molecule has 0 radical (unpaired) electrons. The van der Waals surface area contributed by atoms with Crippen molar-refractivity contribution in [2.75, 3.05) is 13.1 Å². The van der Waals surface area contributed by atoms with Crippen molar-refractivity contribution in [2.45, 2.75) is 38.3 Å². The number of nitrogens with zero attached hydrogens (tertiary/aromatic N) is 2. The Bertz CT molecular complexity index is 892. The molecule has 0 unspecified atom stereocenters. The molecular formula is C22H23FN2O3. The van der Waals surface area contributed by atoms with E-state index in [1.165, 1.54) is 11.1 Å². The Balaban J connectivity index is 1.39. The summed E-state index contributed by atoms with van der Waals surface area (Å²) < 4.78 is 13.8. The SMILES string of the molecule is Cc1ccc(C(=O)N2CCC3(CC2)CC(=O)N(Cc2ccccc2)O3)cc1F. The third kappa shape index (κ3) is 3.64. The van der Waals surface area contributed by atoms with Gasteiger partial charge in [-0.1, -0.05) is 36.4 Å². The molecule has 2 fully saturated rings. The van der Waals surface area contributed by atoms with Crippen LogP contribution in [0.4, 0.5) is 4.39 Å². The molecule has 2 aliphatic rings. The van der Waals surface area contributed by atoms with Crippen LogP contribution in [0.2, 0.25) is 0 Å². The third-order valence-corrected chi connectivity index (χ3v) is 5.61. The summed E-state index contributed by atoms with van der Waals surface area (Å²) in [7, 11) is 0. The van der Waals surface area contributed by atoms with E-state index in [2.05, 4.69) is 0 Å². The standard InChI is InChI=1S/C22H23FN2O3/c1-16-7-8-18(13-19(16)23)21(27)24-11-9-22(10-12-24)14-20(26)25(28-22)15-17-5-3-2-4-6-17/h2-8,13H,9-12,14-15H2,1H3. The number of amides is 2. The van der Waals surface area contributed by atoms with Crippen molar-refractivity contribution in [3.05, 3.63) is 71.0 Å². The van der Waals surface area contributed by atoms with Crippen LogP contribution in [0.1, 0.15) is 40.7 Å². The van der Waals surface area contributed by atoms with Crippen LogP contribution in [0.25, 0.3) is 0 Å². The fourth-order valence-electron chi connectivity index (χ4n) is 3.84. The van der Waals surface area contributed by atoms with Gasteiger partial charge in [-0.05, 0) is 43.0 Å². The highest BCUT2D eigenvalue weighted by Gasteiger charge is 2.47. The molecule has 0 atom stereocenters. The van der Waals surface area contributed by atoms with Gasteiger partial charge in [0.2, 0.25) is 5.91 Å². The second kappa shape index (κ2) is 7.36. The van der Waals surface area contributed by atoms with Gasteiger partial charge in [0.1, 0.15) is 11.4 Å². The molecule has 2 aromatic carbocycles. The number of carbonyl (C=O) groups excluding carboxylic acids is 2. The highest BCUT2D eigenvalue weighted by atomic mass is 19.1. The van der Waals surface area contributed by atoms with Gasteiger partial charge >= 0.3 is 0 Å². The Kier molecular flexibility index (Phi) is 4.89. The summed E-state index contributed by atoms with van der Waals surface area (Å²) in [5.74, 6) is -0.580. The molecule has 2 amide bonds. The Morgan fingerprint density at radius 1 is 1.14 bits per heavy atom. The van der Waals surface area contributed by atoms with Crippen molar-refractivity contribution < 1.29 is 18.8 Å². The minimum atomic E-state index is -0.541. The summed E-state index contributed by atoms with van der Waals surface area (Å²) >= 11 is 0. The minimum Gasteiger partial charge on any atom is -0.338 e. The lowest BCUT2D eigenvalue weighted by molar-refractivity contribution is -0.213. The van der Waals surface area contributed by atoms with Crippen molar-refractivity contribution in [2.24, 2.45) is 0 Å². The van der Waals surface area contributed by atoms with E-state index >= 15 is 0 Å². The summed E-state index contributed by atoms with van der Waals surface area (Å²) in [6.45, 7) is 3.07. The van der Waals surface area contributed by atoms with Crippen LogP contribution in [-0.2, 0) is 16.2 Å². The van der Waals surface area contributed by atoms with E-state index in [1.807, 2.05) is 30.3 Å². The zero-order valence-corrected chi connectivity index (χ0v) is 15.9. The number of carbonyl (C=O) groups is 2. The maximum absolute atomic E-state index is 13.8. The fourth-order valence-corrected chi connectivity index (χ4v) is 3.84. The monoisotopic (exact) mass is 382 g/mol. The molecule has 2 heterocycles. The van der Waals surface area contributed by atoms with Gasteiger partial charge in [0.05, 0.1) is 13.0 Å². The minimum absolute atomic E-state index is 0.0239. The lowest BCUT2D eigenvalue weighted by Crippen LogP contribution is -2.47. The van der Waals surface area contributed by atoms with E-state index in [-0.39, 0.29) is 17.6 Å². The predicted octanol–water partition coefficient (Wildman–Crippen LogP) is 3.47. The quantitative estimate of drug-likeness (QED) is 0.817. The van der Waals surface area contributed by atoms with E-state index in [1.54, 1.807) is 24.0 Å². The first-order chi connectivity index (χ1) is 13.5. The summed E-state index contributed by atoms with van der Waals surface area (Å²) in [5, 5.41) is 1.45. The average Bonchev–Trinajstić information content (AvgIpc) is 2.99. The first-order valence-electron chi connectivity index (χ1n) is 9.55. The Hall–Kier alpha value is -2.73. The molecule has 0 aliphatic carbocycles. The van der Waals surface area contributed by atoms with Crippen molar-refractivity contribution in [3.63, 3.8) is 0 Å². The average molecular weight is 382 g/mol. The van der Waals surface area contributed by atoms with E-state index in [9.17, 15) is 14.0 Å². The molecule has 2 aromatic rings. The number of piperidine rings is 1. The lowest BCUT2D eigenvalue weighted by Gasteiger charge is -2.37. The number of benzene rings is 2. The van der Waals surface area contributed by atoms with Gasteiger partial charge in [0, 0.05) is 18.7 Å². The predicted molar refractivity (Wildman–Crippen MR) is 102 cm³/mol. The number of rotatable bonds is 3. The van der Waals surface area contributed by atoms with Crippen LogP contribution in [0, 0.1) is 12.7 Å². The number of hydrogen-bond donors (Lipinski definition) is 0. The summed E-state index contributed by atoms with van der Waals surface area (Å²) in [6, 6.07) is 14.3. The maximum Gasteiger partial charge on any atom is 0.253 e. The largest absolute Gasteiger partial charge is 0.338 e. The molecular weight excluding hydrogens is 359 g/mol. The highest BCUT2D eigenvalue weighted by Crippen LogP contribution is 2.37. The zero-order valence-electron chi connectivity index (χ0n) is 15.9. The number of hydrogen-bond acceptors (Lipinski definition) is 3. The van der Waals surface area contributed by atoms with E-state index in [0.29, 0.717) is 50.0 Å². The summed E-state index contributed by atoms with van der Waals surface area (Å²) in [5.41, 5.74) is 1.35. The van der Waals surface area contributed by atoms with Crippen LogP contribution >= 0.6 is 0 Å². The van der Waals surface area contributed by atoms with Gasteiger partial charge in [-0.15, -0.1) is 0 Å². The highest BCUT2D eigenvalue weighted by molar-refractivity contribution is 5.94. The molecule has 2 saturated heterocycles. The molecule has 6 heteroatoms. The second-order valence-electron chi connectivity index (χ2n) is 7.62. The topological polar surface area (TPSA) is 49.9 Å². The molecule has 0 aromatic heterocycles. The Labute approximate surface area is 163 Å². The number of likely N-dealkylation sites (tertiary alicyclic amines) is 1. The van der Waals surface area contributed by atoms with Gasteiger partial charge in [0.15, 0.2) is 0 Å². The van der Waals surface area contributed by atoms with E-state index in [0.717, 1.165) is 5.56 Å². The van der Waals surface area contributed by atoms with Crippen molar-refractivity contribution in [3.8, 4) is 0 Å². The van der Waals surface area contributed by atoms with Crippen LogP contribution < -0.4 is 0 Å². The Morgan fingerprint density at radius 2 is 1.86 bits per heavy atom. The molecule has 4 rings (SSSR count). The number of halogens is 1. The van der Waals surface area contributed by atoms with Gasteiger partial charge in [-0.2, -0.15) is 0 Å². The van der Waals surface area contributed by atoms with Crippen LogP contribution in [0.5, 0.6) is 0 Å². The van der Waals surface area contributed by atoms with Gasteiger partial charge in [0.25, 0.3) is 5.91 Å². The molecule has 28 heavy (non-hydrogen) atoms. The van der Waals surface area contributed by atoms with E-state index in [4.69, 9.17) is 4.84 Å². The molecule has 1 spiro atoms. The van der Waals surface area contributed by atoms with Crippen molar-refractivity contribution in [1.29, 1.82) is 0 Å². The molecule has 0 saturated carbocycles. The van der Waals surface area contributed by atoms with Gasteiger partial charge in [-0.25, -0.2) is 9.45 Å². The first kappa shape index (κ1) is 18.6. The summed E-state index contributed by atoms with van der Waals surface area (Å²) in [6.07, 6.45) is 1.51. The molecule has 5 nitrogen and oxygen atoms in total. The van der Waals surface area contributed by atoms with Crippen LogP contribution in [0.3, 0.4) is 0 Å². The molecule has 2 aliphatic heterocycles. The number of hydroxylamine groups is 2. The van der Waals surface area contributed by atoms with Crippen molar-refractivity contribution >= 4 is 11.8 Å². The zero-order chi connectivity index (χ0) is 19.7. The van der Waals surface area contributed by atoms with Crippen LogP contribution in [0.15, 0.2) is 48.5 Å². The smallest absolute Gasteiger partial charge is 0.253 e. The molecule has 146 valence electrons. The van der Waals surface area contributed by atoms with Gasteiger partial charge < -0.3 is 4.90 Å². The fraction of sp³-hybridized carbons (Fsp3) is 0.364. The van der Waals surface area contributed by atoms with E-state index < -0.39 is 5.60 Å². The Morgan fingerprint density at radius 3 is 2.54 bits per heavy atom. The normalized spacial score (nSPS) is 18.7. The summed E-state index contributed by atoms with van der Waals surface area (Å²) in [4.78, 5) is 32.9. The maximum atomic E-state index is 13.8. The van der Waals surface area contributed by atoms with Crippen molar-refractivity contribution in [1.82, 2.24) is 9.96 Å². The third-order valence-electron chi connectivity index (χ3n) is 5.61. The van der Waals surface area contributed by atoms with Gasteiger partial charge in [-0.3, -0.25) is 14.4 Å². The molecule has 0 N–H and O–H groups in total. The molecule has 0 bridgehead atoms. The lowest BCUT2D eigenvalue weighted by atomic mass is 9.88. The number of aryl methyl sites for hydroxylation is 1. The second-order valence-corrected chi connectivity index (χ2v) is 7.62.